The molecule has 3 aromatic carbocycles. The Hall–Kier alpha value is -5.69. The van der Waals surface area contributed by atoms with Gasteiger partial charge in [-0.3, -0.25) is 14.4 Å². The molecule has 3 amide bonds. The molecule has 0 unspecified atom stereocenters. The van der Waals surface area contributed by atoms with Gasteiger partial charge in [0.05, 0.1) is 30.4 Å². The first kappa shape index (κ1) is 36.3. The first-order valence-corrected chi connectivity index (χ1v) is 20.2. The number of carbonyl (C=O) groups excluding carboxylic acids is 3. The second kappa shape index (κ2) is 14.5. The number of allylic oxidation sites excluding steroid dienone is 1. The number of sulfonamides is 1. The van der Waals surface area contributed by atoms with Gasteiger partial charge in [-0.1, -0.05) is 61.0 Å². The summed E-state index contributed by atoms with van der Waals surface area (Å²) in [5.74, 6) is -0.946. The van der Waals surface area contributed by atoms with Gasteiger partial charge in [-0.2, -0.15) is 0 Å². The standard InChI is InChI=1S/C42H43N5O7S/c1-26(48)47-25-32(54-37-23-34(27-12-7-6-8-13-27)44-35-21-31(53-2)18-19-33(35)37)22-36(47)40(49)45-42-24-29(42)15-9-4-3-5-10-16-30-20-28-14-11-17-38(39(28)43-30)55(51,52)46-41(42)50/h6-9,11-15,17-21,23,29,32,36,43H,3-5,10,16,22,24-25H2,1-2H3,(H,45,49)(H,46,50)/t29-,32-,36+,42-/m1/s1. The molecule has 2 aromatic heterocycles. The van der Waals surface area contributed by atoms with Gasteiger partial charge in [0.2, 0.25) is 11.8 Å². The zero-order valence-corrected chi connectivity index (χ0v) is 31.5. The van der Waals surface area contributed by atoms with E-state index in [1.807, 2.05) is 78.9 Å². The minimum Gasteiger partial charge on any atom is -0.497 e. The zero-order valence-electron chi connectivity index (χ0n) is 30.7. The lowest BCUT2D eigenvalue weighted by molar-refractivity contribution is -0.138. The van der Waals surface area contributed by atoms with Crippen LogP contribution in [0.2, 0.25) is 0 Å². The van der Waals surface area contributed by atoms with Gasteiger partial charge in [0.1, 0.15) is 34.1 Å². The third-order valence-electron chi connectivity index (χ3n) is 11.0. The number of aryl methyl sites for hydroxylation is 1. The van der Waals surface area contributed by atoms with E-state index in [0.29, 0.717) is 28.2 Å². The third-order valence-corrected chi connectivity index (χ3v) is 12.3. The average Bonchev–Trinajstić information content (AvgIpc) is 3.46. The Morgan fingerprint density at radius 2 is 1.84 bits per heavy atom. The summed E-state index contributed by atoms with van der Waals surface area (Å²) < 4.78 is 42.0. The van der Waals surface area contributed by atoms with Crippen molar-refractivity contribution >= 4 is 49.6 Å². The van der Waals surface area contributed by atoms with Gasteiger partial charge in [-0.05, 0) is 56.4 Å². The molecule has 1 saturated heterocycles. The second-order valence-electron chi connectivity index (χ2n) is 14.7. The summed E-state index contributed by atoms with van der Waals surface area (Å²) in [5.41, 5.74) is 2.09. The van der Waals surface area contributed by atoms with Crippen LogP contribution in [0.1, 0.15) is 51.1 Å². The number of rotatable bonds is 6. The summed E-state index contributed by atoms with van der Waals surface area (Å²) in [7, 11) is -2.74. The van der Waals surface area contributed by atoms with Crippen LogP contribution in [0.4, 0.5) is 0 Å². The molecular formula is C42H43N5O7S. The maximum Gasteiger partial charge on any atom is 0.266 e. The molecule has 3 N–H and O–H groups in total. The van der Waals surface area contributed by atoms with Crippen molar-refractivity contribution < 1.29 is 32.3 Å². The number of amides is 3. The molecule has 1 saturated carbocycles. The Balaban J connectivity index is 1.06. The highest BCUT2D eigenvalue weighted by Crippen LogP contribution is 2.46. The van der Waals surface area contributed by atoms with Crippen molar-refractivity contribution in [2.24, 2.45) is 5.92 Å². The number of likely N-dealkylation sites (tertiary alicyclic amines) is 1. The fraction of sp³-hybridized carbons (Fsp3) is 0.333. The van der Waals surface area contributed by atoms with E-state index in [1.54, 1.807) is 13.2 Å². The fourth-order valence-corrected chi connectivity index (χ4v) is 9.16. The molecular weight excluding hydrogens is 719 g/mol. The summed E-state index contributed by atoms with van der Waals surface area (Å²) in [6, 6.07) is 23.0. The maximum atomic E-state index is 14.2. The topological polar surface area (TPSA) is 160 Å². The van der Waals surface area contributed by atoms with Gasteiger partial charge < -0.3 is 24.7 Å². The normalized spacial score (nSPS) is 23.6. The molecule has 0 radical (unpaired) electrons. The SMILES string of the molecule is COc1ccc2c(O[C@@H]3C[C@@H](C(=O)N[C@]45C[C@H]4C=CCCCCCc4cc6cccc(c6[nH]4)S(=O)(=O)NC5=O)N(C(C)=O)C3)cc(-c3ccccc3)nc2c1. The summed E-state index contributed by atoms with van der Waals surface area (Å²) in [5, 5.41) is 4.40. The molecule has 13 heteroatoms. The smallest absolute Gasteiger partial charge is 0.266 e. The van der Waals surface area contributed by atoms with Crippen LogP contribution < -0.4 is 19.5 Å². The highest BCUT2D eigenvalue weighted by atomic mass is 32.2. The molecule has 2 bridgehead atoms. The van der Waals surface area contributed by atoms with Gasteiger partial charge >= 0.3 is 0 Å². The Morgan fingerprint density at radius 3 is 2.64 bits per heavy atom. The number of fused-ring (bicyclic) bond motifs is 3. The molecule has 55 heavy (non-hydrogen) atoms. The van der Waals surface area contributed by atoms with Crippen LogP contribution in [0.5, 0.6) is 11.5 Å². The van der Waals surface area contributed by atoms with E-state index in [9.17, 15) is 22.8 Å². The first-order chi connectivity index (χ1) is 26.5. The van der Waals surface area contributed by atoms with Crippen LogP contribution in [-0.4, -0.2) is 72.3 Å². The zero-order chi connectivity index (χ0) is 38.3. The molecule has 1 aliphatic carbocycles. The number of ether oxygens (including phenoxy) is 2. The van der Waals surface area contributed by atoms with Crippen LogP contribution in [0.3, 0.4) is 0 Å². The summed E-state index contributed by atoms with van der Waals surface area (Å²) in [6.45, 7) is 1.52. The lowest BCUT2D eigenvalue weighted by Crippen LogP contribution is -2.56. The molecule has 12 nitrogen and oxygen atoms in total. The number of benzene rings is 3. The van der Waals surface area contributed by atoms with Crippen molar-refractivity contribution in [3.63, 3.8) is 0 Å². The highest BCUT2D eigenvalue weighted by molar-refractivity contribution is 7.90. The fourth-order valence-electron chi connectivity index (χ4n) is 7.93. The van der Waals surface area contributed by atoms with E-state index < -0.39 is 45.4 Å². The van der Waals surface area contributed by atoms with Crippen LogP contribution in [0.25, 0.3) is 33.1 Å². The van der Waals surface area contributed by atoms with Crippen molar-refractivity contribution in [3.8, 4) is 22.8 Å². The molecule has 2 fully saturated rings. The molecule has 284 valence electrons. The lowest BCUT2D eigenvalue weighted by atomic mass is 10.1. The van der Waals surface area contributed by atoms with E-state index in [4.69, 9.17) is 14.5 Å². The minimum atomic E-state index is -4.33. The average molecular weight is 762 g/mol. The molecule has 8 rings (SSSR count). The van der Waals surface area contributed by atoms with Crippen LogP contribution >= 0.6 is 0 Å². The summed E-state index contributed by atoms with van der Waals surface area (Å²) >= 11 is 0. The lowest BCUT2D eigenvalue weighted by Gasteiger charge is -2.25. The molecule has 0 spiro atoms. The number of pyridine rings is 1. The van der Waals surface area contributed by atoms with E-state index >= 15 is 0 Å². The second-order valence-corrected chi connectivity index (χ2v) is 16.3. The predicted octanol–water partition coefficient (Wildman–Crippen LogP) is 5.81. The number of nitrogens with one attached hydrogen (secondary N) is 3. The molecule has 4 heterocycles. The molecule has 4 atom stereocenters. The summed E-state index contributed by atoms with van der Waals surface area (Å²) in [6.07, 6.45) is 8.17. The van der Waals surface area contributed by atoms with E-state index in [1.165, 1.54) is 17.9 Å². The highest BCUT2D eigenvalue weighted by Gasteiger charge is 2.61. The van der Waals surface area contributed by atoms with Gasteiger partial charge in [-0.25, -0.2) is 18.1 Å². The third kappa shape index (κ3) is 7.16. The quantitative estimate of drug-likeness (QED) is 0.183. The van der Waals surface area contributed by atoms with Crippen molar-refractivity contribution in [1.82, 2.24) is 24.9 Å². The number of H-pyrrole nitrogens is 1. The number of para-hydroxylation sites is 1. The van der Waals surface area contributed by atoms with E-state index in [2.05, 4.69) is 15.0 Å². The number of aromatic nitrogens is 2. The molecule has 3 aliphatic rings. The Morgan fingerprint density at radius 1 is 1.00 bits per heavy atom. The van der Waals surface area contributed by atoms with Gasteiger partial charge in [-0.15, -0.1) is 0 Å². The monoisotopic (exact) mass is 761 g/mol. The summed E-state index contributed by atoms with van der Waals surface area (Å²) in [4.78, 5) is 50.9. The first-order valence-electron chi connectivity index (χ1n) is 18.7. The Kier molecular flexibility index (Phi) is 9.58. The van der Waals surface area contributed by atoms with Crippen molar-refractivity contribution in [2.75, 3.05) is 13.7 Å². The number of hydrogen-bond acceptors (Lipinski definition) is 8. The molecule has 2 aliphatic heterocycles. The predicted molar refractivity (Wildman–Crippen MR) is 208 cm³/mol. The number of hydrogen-bond donors (Lipinski definition) is 3. The van der Waals surface area contributed by atoms with Crippen LogP contribution in [-0.2, 0) is 30.8 Å². The van der Waals surface area contributed by atoms with E-state index in [0.717, 1.165) is 54.1 Å². The van der Waals surface area contributed by atoms with Crippen molar-refractivity contribution in [3.05, 3.63) is 96.7 Å². The number of nitrogens with zero attached hydrogens (tertiary/aromatic N) is 2. The number of methoxy groups -OCH3 is 1. The molecule has 5 aromatic rings. The van der Waals surface area contributed by atoms with Crippen molar-refractivity contribution in [2.45, 2.75) is 74.4 Å². The van der Waals surface area contributed by atoms with E-state index in [-0.39, 0.29) is 30.2 Å². The van der Waals surface area contributed by atoms with Gasteiger partial charge in [0.25, 0.3) is 15.9 Å². The number of aromatic amines is 1. The number of carbonyl (C=O) groups is 3. The van der Waals surface area contributed by atoms with Gasteiger partial charge in [0, 0.05) is 53.4 Å². The minimum absolute atomic E-state index is 0.0399. The van der Waals surface area contributed by atoms with Crippen LogP contribution in [0, 0.1) is 5.92 Å². The Bertz CT molecular complexity index is 2450. The Labute approximate surface area is 319 Å². The van der Waals surface area contributed by atoms with Crippen molar-refractivity contribution in [1.29, 1.82) is 0 Å². The van der Waals surface area contributed by atoms with Crippen LogP contribution in [0.15, 0.2) is 95.9 Å². The largest absolute Gasteiger partial charge is 0.497 e. The van der Waals surface area contributed by atoms with Gasteiger partial charge in [0.15, 0.2) is 0 Å². The maximum absolute atomic E-state index is 14.2.